The molecule has 0 aromatic heterocycles. The van der Waals surface area contributed by atoms with Crippen molar-refractivity contribution in [2.24, 2.45) is 17.6 Å². The van der Waals surface area contributed by atoms with Crippen molar-refractivity contribution in [3.63, 3.8) is 0 Å². The van der Waals surface area contributed by atoms with Crippen LogP contribution in [0.5, 0.6) is 0 Å². The van der Waals surface area contributed by atoms with Crippen molar-refractivity contribution >= 4 is 29.6 Å². The molecule has 0 radical (unpaired) electrons. The first-order valence-corrected chi connectivity index (χ1v) is 11.3. The third-order valence-electron chi connectivity index (χ3n) is 4.98. The number of nitrogens with one attached hydrogen (secondary N) is 4. The van der Waals surface area contributed by atoms with Crippen molar-refractivity contribution in [2.75, 3.05) is 13.2 Å². The first-order valence-electron chi connectivity index (χ1n) is 11.3. The predicted molar refractivity (Wildman–Crippen MR) is 123 cm³/mol. The van der Waals surface area contributed by atoms with Gasteiger partial charge < -0.3 is 47.4 Å². The van der Waals surface area contributed by atoms with Crippen molar-refractivity contribution in [1.29, 1.82) is 0 Å². The van der Waals surface area contributed by atoms with Gasteiger partial charge >= 0.3 is 5.97 Å². The van der Waals surface area contributed by atoms with E-state index in [9.17, 15) is 34.2 Å². The summed E-state index contributed by atoms with van der Waals surface area (Å²) >= 11 is 0. The fraction of sp³-hybridized carbons (Fsp3) is 0.762. The SMILES string of the molecule is CC(C)C[C@H](N)C(=O)N[C@H](C(=O)N[C@H](C(=O)N[C@@H](CO)C(=O)N[C@@H](CO)C(=O)O)C(C)C)[C@@H](C)O. The van der Waals surface area contributed by atoms with Crippen LogP contribution in [0, 0.1) is 11.8 Å². The molecule has 6 atom stereocenters. The number of rotatable bonds is 15. The molecule has 0 aromatic rings. The molecule has 0 aliphatic heterocycles. The highest BCUT2D eigenvalue weighted by atomic mass is 16.4. The number of aliphatic hydroxyl groups is 3. The Bertz CT molecular complexity index is 745. The summed E-state index contributed by atoms with van der Waals surface area (Å²) in [6, 6.07) is -6.81. The van der Waals surface area contributed by atoms with Gasteiger partial charge in [-0.2, -0.15) is 0 Å². The second-order valence-corrected chi connectivity index (χ2v) is 9.02. The number of carbonyl (C=O) groups excluding carboxylic acids is 4. The van der Waals surface area contributed by atoms with Gasteiger partial charge in [0.25, 0.3) is 0 Å². The number of hydrogen-bond donors (Lipinski definition) is 9. The van der Waals surface area contributed by atoms with E-state index in [0.717, 1.165) is 0 Å². The summed E-state index contributed by atoms with van der Waals surface area (Å²) in [7, 11) is 0. The summed E-state index contributed by atoms with van der Waals surface area (Å²) < 4.78 is 0. The molecule has 0 fully saturated rings. The van der Waals surface area contributed by atoms with Crippen LogP contribution in [0.25, 0.3) is 0 Å². The predicted octanol–water partition coefficient (Wildman–Crippen LogP) is -3.59. The van der Waals surface area contributed by atoms with E-state index < -0.39 is 85.0 Å². The molecule has 202 valence electrons. The molecule has 0 aromatic carbocycles. The minimum atomic E-state index is -1.65. The maximum atomic E-state index is 12.8. The van der Waals surface area contributed by atoms with Gasteiger partial charge in [0, 0.05) is 0 Å². The Balaban J connectivity index is 5.42. The zero-order valence-corrected chi connectivity index (χ0v) is 20.6. The van der Waals surface area contributed by atoms with Gasteiger partial charge in [-0.15, -0.1) is 0 Å². The lowest BCUT2D eigenvalue weighted by Gasteiger charge is -2.28. The van der Waals surface area contributed by atoms with Gasteiger partial charge in [0.05, 0.1) is 25.4 Å². The Kier molecular flexibility index (Phi) is 14.0. The first kappa shape index (κ1) is 32.2. The zero-order chi connectivity index (χ0) is 27.5. The molecular formula is C21H39N5O9. The van der Waals surface area contributed by atoms with Crippen LogP contribution in [0.3, 0.4) is 0 Å². The topological polar surface area (TPSA) is 240 Å². The number of carboxylic acids is 1. The van der Waals surface area contributed by atoms with Gasteiger partial charge in [-0.3, -0.25) is 19.2 Å². The number of carbonyl (C=O) groups is 5. The lowest BCUT2D eigenvalue weighted by atomic mass is 10.0. The van der Waals surface area contributed by atoms with Crippen LogP contribution >= 0.6 is 0 Å². The number of amides is 4. The molecule has 4 amide bonds. The van der Waals surface area contributed by atoms with Gasteiger partial charge in [-0.05, 0) is 25.2 Å². The lowest BCUT2D eigenvalue weighted by Crippen LogP contribution is -2.62. The quantitative estimate of drug-likeness (QED) is 0.106. The molecule has 14 nitrogen and oxygen atoms in total. The molecule has 0 aliphatic rings. The Morgan fingerprint density at radius 1 is 0.714 bits per heavy atom. The molecule has 0 spiro atoms. The summed E-state index contributed by atoms with van der Waals surface area (Å²) in [6.07, 6.45) is -0.982. The minimum absolute atomic E-state index is 0.114. The third kappa shape index (κ3) is 11.0. The maximum absolute atomic E-state index is 12.8. The van der Waals surface area contributed by atoms with E-state index >= 15 is 0 Å². The van der Waals surface area contributed by atoms with Crippen LogP contribution in [-0.2, 0) is 24.0 Å². The summed E-state index contributed by atoms with van der Waals surface area (Å²) in [6.45, 7) is 6.36. The van der Waals surface area contributed by atoms with Crippen LogP contribution in [0.4, 0.5) is 0 Å². The number of carboxylic acid groups (broad SMARTS) is 1. The van der Waals surface area contributed by atoms with E-state index in [1.54, 1.807) is 13.8 Å². The number of hydrogen-bond acceptors (Lipinski definition) is 9. The fourth-order valence-electron chi connectivity index (χ4n) is 2.97. The van der Waals surface area contributed by atoms with Crippen molar-refractivity contribution < 1.29 is 44.4 Å². The molecule has 10 N–H and O–H groups in total. The van der Waals surface area contributed by atoms with Crippen LogP contribution in [0.1, 0.15) is 41.0 Å². The van der Waals surface area contributed by atoms with Gasteiger partial charge in [-0.25, -0.2) is 4.79 Å². The van der Waals surface area contributed by atoms with E-state index in [2.05, 4.69) is 16.0 Å². The van der Waals surface area contributed by atoms with Crippen molar-refractivity contribution in [3.8, 4) is 0 Å². The molecule has 14 heteroatoms. The number of aliphatic carboxylic acids is 1. The molecule has 0 aliphatic carbocycles. The van der Waals surface area contributed by atoms with E-state index in [4.69, 9.17) is 15.9 Å². The normalized spacial score (nSPS) is 16.4. The molecule has 35 heavy (non-hydrogen) atoms. The number of nitrogens with two attached hydrogens (primary N) is 1. The smallest absolute Gasteiger partial charge is 0.328 e. The lowest BCUT2D eigenvalue weighted by molar-refractivity contribution is -0.143. The number of aliphatic hydroxyl groups excluding tert-OH is 3. The second kappa shape index (κ2) is 15.2. The van der Waals surface area contributed by atoms with Crippen LogP contribution in [0.15, 0.2) is 0 Å². The Morgan fingerprint density at radius 3 is 1.57 bits per heavy atom. The van der Waals surface area contributed by atoms with E-state index in [1.807, 2.05) is 19.2 Å². The van der Waals surface area contributed by atoms with Crippen molar-refractivity contribution in [1.82, 2.24) is 21.3 Å². The van der Waals surface area contributed by atoms with Gasteiger partial charge in [0.15, 0.2) is 0 Å². The standard InChI is InChI=1S/C21H39N5O9/c1-9(2)6-12(22)17(30)26-16(11(5)29)20(33)25-15(10(3)4)19(32)23-13(7-27)18(31)24-14(8-28)21(34)35/h9-16,27-29H,6-8,22H2,1-5H3,(H,23,32)(H,24,31)(H,25,33)(H,26,30)(H,34,35)/t11-,12+,13+,14+,15+,16+/m1/s1. The molecular weight excluding hydrogens is 466 g/mol. The van der Waals surface area contributed by atoms with Gasteiger partial charge in [-0.1, -0.05) is 27.7 Å². The molecule has 0 saturated heterocycles. The minimum Gasteiger partial charge on any atom is -0.480 e. The molecule has 0 rings (SSSR count). The average molecular weight is 506 g/mol. The monoisotopic (exact) mass is 505 g/mol. The van der Waals surface area contributed by atoms with Gasteiger partial charge in [0.1, 0.15) is 24.2 Å². The average Bonchev–Trinajstić information content (AvgIpc) is 2.75. The third-order valence-corrected chi connectivity index (χ3v) is 4.98. The Hall–Kier alpha value is -2.81. The Morgan fingerprint density at radius 2 is 1.17 bits per heavy atom. The molecule has 0 unspecified atom stereocenters. The van der Waals surface area contributed by atoms with Crippen LogP contribution in [0.2, 0.25) is 0 Å². The van der Waals surface area contributed by atoms with Crippen LogP contribution in [-0.4, -0.2) is 99.6 Å². The van der Waals surface area contributed by atoms with Crippen molar-refractivity contribution in [3.05, 3.63) is 0 Å². The van der Waals surface area contributed by atoms with E-state index in [0.29, 0.717) is 6.42 Å². The second-order valence-electron chi connectivity index (χ2n) is 9.02. The summed E-state index contributed by atoms with van der Waals surface area (Å²) in [5.41, 5.74) is 5.82. The highest BCUT2D eigenvalue weighted by Crippen LogP contribution is 2.07. The maximum Gasteiger partial charge on any atom is 0.328 e. The summed E-state index contributed by atoms with van der Waals surface area (Å²) in [5.74, 6) is -5.41. The molecule has 0 heterocycles. The Labute approximate surface area is 204 Å². The highest BCUT2D eigenvalue weighted by molar-refractivity contribution is 5.95. The van der Waals surface area contributed by atoms with Crippen molar-refractivity contribution in [2.45, 2.75) is 77.4 Å². The molecule has 0 bridgehead atoms. The highest BCUT2D eigenvalue weighted by Gasteiger charge is 2.34. The first-order chi connectivity index (χ1) is 16.2. The summed E-state index contributed by atoms with van der Waals surface area (Å²) in [5, 5.41) is 46.4. The molecule has 0 saturated carbocycles. The largest absolute Gasteiger partial charge is 0.480 e. The summed E-state index contributed by atoms with van der Waals surface area (Å²) in [4.78, 5) is 61.1. The van der Waals surface area contributed by atoms with Crippen LogP contribution < -0.4 is 27.0 Å². The van der Waals surface area contributed by atoms with E-state index in [-0.39, 0.29) is 5.92 Å². The van der Waals surface area contributed by atoms with Gasteiger partial charge in [0.2, 0.25) is 23.6 Å². The zero-order valence-electron chi connectivity index (χ0n) is 20.6. The fourth-order valence-corrected chi connectivity index (χ4v) is 2.97. The van der Waals surface area contributed by atoms with E-state index in [1.165, 1.54) is 6.92 Å².